The van der Waals surface area contributed by atoms with Crippen LogP contribution in [-0.4, -0.2) is 28.4 Å². The third kappa shape index (κ3) is 12.9. The van der Waals surface area contributed by atoms with Gasteiger partial charge in [-0.1, -0.05) is 302 Å². The maximum atomic E-state index is 5.82. The molecule has 13 aromatic carbocycles. The van der Waals surface area contributed by atoms with E-state index in [9.17, 15) is 0 Å². The van der Waals surface area contributed by atoms with Crippen molar-refractivity contribution >= 4 is 0 Å². The third-order valence-electron chi connectivity index (χ3n) is 18.4. The van der Waals surface area contributed by atoms with Gasteiger partial charge >= 0.3 is 0 Å². The Morgan fingerprint density at radius 3 is 0.520 bits per heavy atom. The number of rotatable bonds is 16. The standard InChI is InChI=1S/C94H70O4/c1-95-87-54-46-81(47-55-87)93(82-48-56-88(96-2)57-49-82,68-64-73-42-38-71(39-43-73)62-66-91(75-24-11-5-12-25-75,76-26-13-6-14-27-76)77-28-15-7-16-29-77)85-36-23-37-86(70-85)94(83-50-58-89(97-3)59-51-83,84-52-60-90(98-4)61-53-84)69-65-74-44-40-72(41-45-74)63-67-92(78-30-17-8-18-31-78,79-32-19-9-20-33-79)80-34-21-10-22-35-80/h5-61,70H,1-4H3. The molecular weight excluding hydrogens is 1190 g/mol. The molecule has 0 unspecified atom stereocenters. The van der Waals surface area contributed by atoms with Gasteiger partial charge in [0, 0.05) is 22.3 Å². The summed E-state index contributed by atoms with van der Waals surface area (Å²) in [7, 11) is 6.74. The van der Waals surface area contributed by atoms with Crippen molar-refractivity contribution in [2.24, 2.45) is 0 Å². The van der Waals surface area contributed by atoms with Crippen LogP contribution in [0, 0.1) is 47.4 Å². The maximum Gasteiger partial charge on any atom is 0.118 e. The van der Waals surface area contributed by atoms with Crippen LogP contribution in [0.5, 0.6) is 23.0 Å². The predicted octanol–water partition coefficient (Wildman–Crippen LogP) is 19.3. The van der Waals surface area contributed by atoms with E-state index in [4.69, 9.17) is 18.9 Å². The van der Waals surface area contributed by atoms with E-state index in [2.05, 4.69) is 314 Å². The zero-order chi connectivity index (χ0) is 67.0. The second-order valence-electron chi connectivity index (χ2n) is 23.8. The summed E-state index contributed by atoms with van der Waals surface area (Å²) in [6.45, 7) is 0. The Balaban J connectivity index is 0.971. The van der Waals surface area contributed by atoms with Crippen LogP contribution in [0.2, 0.25) is 0 Å². The molecule has 98 heavy (non-hydrogen) atoms. The Morgan fingerprint density at radius 1 is 0.173 bits per heavy atom. The van der Waals surface area contributed by atoms with Crippen molar-refractivity contribution in [1.82, 2.24) is 0 Å². The number of hydrogen-bond donors (Lipinski definition) is 0. The average molecular weight is 1260 g/mol. The second-order valence-corrected chi connectivity index (χ2v) is 23.8. The van der Waals surface area contributed by atoms with Gasteiger partial charge in [0.05, 0.1) is 28.4 Å². The highest BCUT2D eigenvalue weighted by atomic mass is 16.5. The molecule has 0 fully saturated rings. The topological polar surface area (TPSA) is 36.9 Å². The van der Waals surface area contributed by atoms with Gasteiger partial charge in [0.25, 0.3) is 0 Å². The lowest BCUT2D eigenvalue weighted by molar-refractivity contribution is 0.414. The second kappa shape index (κ2) is 29.3. The molecule has 470 valence electrons. The Kier molecular flexibility index (Phi) is 19.1. The van der Waals surface area contributed by atoms with Crippen molar-refractivity contribution in [3.8, 4) is 70.4 Å². The summed E-state index contributed by atoms with van der Waals surface area (Å²) in [6, 6.07) is 121. The minimum Gasteiger partial charge on any atom is -0.497 e. The van der Waals surface area contributed by atoms with E-state index in [1.54, 1.807) is 28.4 Å². The molecular formula is C94H70O4. The smallest absolute Gasteiger partial charge is 0.118 e. The molecule has 4 nitrogen and oxygen atoms in total. The van der Waals surface area contributed by atoms with Crippen molar-refractivity contribution in [2.75, 3.05) is 28.4 Å². The van der Waals surface area contributed by atoms with Crippen LogP contribution in [0.15, 0.2) is 352 Å². The van der Waals surface area contributed by atoms with Crippen LogP contribution >= 0.6 is 0 Å². The van der Waals surface area contributed by atoms with E-state index in [0.29, 0.717) is 0 Å². The van der Waals surface area contributed by atoms with E-state index in [1.165, 1.54) is 0 Å². The molecule has 13 aromatic rings. The zero-order valence-corrected chi connectivity index (χ0v) is 55.1. The van der Waals surface area contributed by atoms with Gasteiger partial charge in [-0.25, -0.2) is 0 Å². The fourth-order valence-corrected chi connectivity index (χ4v) is 13.3. The summed E-state index contributed by atoms with van der Waals surface area (Å²) in [5.41, 5.74) is 11.7. The molecule has 0 aliphatic carbocycles. The molecule has 0 spiro atoms. The minimum atomic E-state index is -1.11. The molecule has 0 N–H and O–H groups in total. The van der Waals surface area contributed by atoms with Gasteiger partial charge in [-0.15, -0.1) is 0 Å². The van der Waals surface area contributed by atoms with Gasteiger partial charge in [0.2, 0.25) is 0 Å². The van der Waals surface area contributed by atoms with Crippen molar-refractivity contribution in [2.45, 2.75) is 21.7 Å². The van der Waals surface area contributed by atoms with E-state index in [1.807, 2.05) is 84.9 Å². The molecule has 0 aromatic heterocycles. The summed E-state index contributed by atoms with van der Waals surface area (Å²) < 4.78 is 23.3. The summed E-state index contributed by atoms with van der Waals surface area (Å²) in [6.07, 6.45) is 0. The Hall–Kier alpha value is -12.7. The third-order valence-corrected chi connectivity index (χ3v) is 18.4. The molecule has 0 aliphatic heterocycles. The van der Waals surface area contributed by atoms with E-state index in [-0.39, 0.29) is 0 Å². The van der Waals surface area contributed by atoms with Gasteiger partial charge in [-0.2, -0.15) is 0 Å². The molecule has 0 amide bonds. The van der Waals surface area contributed by atoms with Gasteiger partial charge in [0.1, 0.15) is 44.7 Å². The molecule has 0 saturated heterocycles. The molecule has 4 heteroatoms. The number of methoxy groups -OCH3 is 4. The fourth-order valence-electron chi connectivity index (χ4n) is 13.3. The first-order chi connectivity index (χ1) is 48.3. The highest BCUT2D eigenvalue weighted by Crippen LogP contribution is 2.47. The van der Waals surface area contributed by atoms with Crippen molar-refractivity contribution in [1.29, 1.82) is 0 Å². The normalized spacial score (nSPS) is 11.1. The Bertz CT molecular complexity index is 4460. The Labute approximate surface area is 576 Å². The Morgan fingerprint density at radius 2 is 0.337 bits per heavy atom. The molecule has 0 radical (unpaired) electrons. The monoisotopic (exact) mass is 1260 g/mol. The van der Waals surface area contributed by atoms with Crippen LogP contribution in [0.1, 0.15) is 89.0 Å². The summed E-state index contributed by atoms with van der Waals surface area (Å²) in [5, 5.41) is 0. The van der Waals surface area contributed by atoms with Crippen LogP contribution in [0.3, 0.4) is 0 Å². The lowest BCUT2D eigenvalue weighted by Crippen LogP contribution is -2.31. The first-order valence-corrected chi connectivity index (χ1v) is 32.7. The predicted molar refractivity (Wildman–Crippen MR) is 397 cm³/mol. The fraction of sp³-hybridized carbons (Fsp3) is 0.0851. The summed E-state index contributed by atoms with van der Waals surface area (Å²) in [5.74, 6) is 33.2. The SMILES string of the molecule is COc1ccc(C(C#Cc2ccc(C#CC(c3ccccc3)(c3ccccc3)c3ccccc3)cc2)(c2ccc(OC)cc2)c2cccc(C(C#Cc3ccc(C#CC(c4ccccc4)(c4ccccc4)c4ccccc4)cc3)(c3ccc(OC)cc3)c3ccc(OC)cc3)c2)cc1. The molecule has 13 rings (SSSR count). The lowest BCUT2D eigenvalue weighted by atomic mass is 9.66. The molecule has 0 saturated carbocycles. The van der Waals surface area contributed by atoms with Gasteiger partial charge in [-0.05, 0) is 164 Å². The number of hydrogen-bond acceptors (Lipinski definition) is 4. The quantitative estimate of drug-likeness (QED) is 0.0714. The van der Waals surface area contributed by atoms with Crippen molar-refractivity contribution in [3.05, 3.63) is 441 Å². The summed E-state index contributed by atoms with van der Waals surface area (Å²) >= 11 is 0. The van der Waals surface area contributed by atoms with Crippen LogP contribution in [-0.2, 0) is 21.7 Å². The lowest BCUT2D eigenvalue weighted by Gasteiger charge is -2.35. The van der Waals surface area contributed by atoms with Gasteiger partial charge < -0.3 is 18.9 Å². The average Bonchev–Trinajstić information content (AvgIpc) is 0.742. The highest BCUT2D eigenvalue weighted by molar-refractivity contribution is 5.68. The van der Waals surface area contributed by atoms with Crippen LogP contribution < -0.4 is 18.9 Å². The van der Waals surface area contributed by atoms with E-state index < -0.39 is 21.7 Å². The highest BCUT2D eigenvalue weighted by Gasteiger charge is 2.41. The molecule has 0 heterocycles. The molecule has 0 bridgehead atoms. The summed E-state index contributed by atoms with van der Waals surface area (Å²) in [4.78, 5) is 0. The minimum absolute atomic E-state index is 0.722. The van der Waals surface area contributed by atoms with Crippen molar-refractivity contribution < 1.29 is 18.9 Å². The van der Waals surface area contributed by atoms with Crippen molar-refractivity contribution in [3.63, 3.8) is 0 Å². The van der Waals surface area contributed by atoms with Gasteiger partial charge in [0.15, 0.2) is 0 Å². The number of ether oxygens (including phenoxy) is 4. The zero-order valence-electron chi connectivity index (χ0n) is 55.1. The van der Waals surface area contributed by atoms with Crippen LogP contribution in [0.25, 0.3) is 0 Å². The molecule has 0 atom stereocenters. The number of benzene rings is 13. The first kappa shape index (κ1) is 64.0. The maximum absolute atomic E-state index is 5.82. The van der Waals surface area contributed by atoms with Gasteiger partial charge in [-0.3, -0.25) is 0 Å². The first-order valence-electron chi connectivity index (χ1n) is 32.7. The largest absolute Gasteiger partial charge is 0.497 e. The molecule has 0 aliphatic rings. The van der Waals surface area contributed by atoms with Crippen LogP contribution in [0.4, 0.5) is 0 Å². The van der Waals surface area contributed by atoms with E-state index >= 15 is 0 Å². The van der Waals surface area contributed by atoms with E-state index in [0.717, 1.165) is 112 Å².